The number of benzene rings is 2. The fraction of sp³-hybridized carbons (Fsp3) is 0.0526. The predicted octanol–water partition coefficient (Wildman–Crippen LogP) is 2.84. The van der Waals surface area contributed by atoms with Gasteiger partial charge in [-0.15, -0.1) is 0 Å². The zero-order valence-corrected chi connectivity index (χ0v) is 12.7. The Kier molecular flexibility index (Phi) is 4.64. The van der Waals surface area contributed by atoms with Gasteiger partial charge in [0.05, 0.1) is 6.20 Å². The van der Waals surface area contributed by atoms with Gasteiger partial charge in [-0.2, -0.15) is 0 Å². The van der Waals surface area contributed by atoms with Crippen molar-refractivity contribution in [1.82, 2.24) is 4.98 Å². The SMILES string of the molecule is N[N+](COc1cccnc1)=C(c1ccccc1)c1ccccc1. The lowest BCUT2D eigenvalue weighted by atomic mass is 10.0. The van der Waals surface area contributed by atoms with E-state index in [0.29, 0.717) is 5.75 Å². The first-order chi connectivity index (χ1) is 11.3. The standard InChI is InChI=1S/C19H18N3O/c20-22(15-23-18-12-7-13-21-14-18)19(16-8-3-1-4-9-16)17-10-5-2-6-11-17/h1-14H,15,20H2/q+1. The largest absolute Gasteiger partial charge is 0.432 e. The average Bonchev–Trinajstić information content (AvgIpc) is 2.63. The summed E-state index contributed by atoms with van der Waals surface area (Å²) in [6, 6.07) is 23.8. The van der Waals surface area contributed by atoms with E-state index in [1.807, 2.05) is 72.8 Å². The first-order valence-electron chi connectivity index (χ1n) is 7.37. The van der Waals surface area contributed by atoms with Gasteiger partial charge in [-0.3, -0.25) is 4.98 Å². The Morgan fingerprint density at radius 3 is 2.00 bits per heavy atom. The molecule has 2 aromatic carbocycles. The molecular formula is C19H18N3O+. The highest BCUT2D eigenvalue weighted by Gasteiger charge is 2.18. The monoisotopic (exact) mass is 304 g/mol. The van der Waals surface area contributed by atoms with Crippen molar-refractivity contribution in [2.75, 3.05) is 6.73 Å². The fourth-order valence-electron chi connectivity index (χ4n) is 2.33. The maximum Gasteiger partial charge on any atom is 0.314 e. The lowest BCUT2D eigenvalue weighted by molar-refractivity contribution is -0.568. The molecule has 0 radical (unpaired) electrons. The van der Waals surface area contributed by atoms with Crippen LogP contribution in [0, 0.1) is 0 Å². The minimum atomic E-state index is 0.227. The Balaban J connectivity index is 1.93. The molecule has 0 saturated carbocycles. The fourth-order valence-corrected chi connectivity index (χ4v) is 2.33. The summed E-state index contributed by atoms with van der Waals surface area (Å²) in [4.78, 5) is 4.03. The van der Waals surface area contributed by atoms with Gasteiger partial charge in [-0.25, -0.2) is 5.84 Å². The smallest absolute Gasteiger partial charge is 0.314 e. The Morgan fingerprint density at radius 1 is 0.870 bits per heavy atom. The molecule has 2 N–H and O–H groups in total. The normalized spacial score (nSPS) is 10.1. The maximum atomic E-state index is 6.28. The molecule has 0 bridgehead atoms. The van der Waals surface area contributed by atoms with Crippen molar-refractivity contribution in [1.29, 1.82) is 0 Å². The van der Waals surface area contributed by atoms with E-state index < -0.39 is 0 Å². The van der Waals surface area contributed by atoms with Crippen LogP contribution in [0.4, 0.5) is 0 Å². The molecule has 114 valence electrons. The summed E-state index contributed by atoms with van der Waals surface area (Å²) in [6.45, 7) is 0.227. The molecule has 0 saturated heterocycles. The molecule has 0 fully saturated rings. The van der Waals surface area contributed by atoms with Gasteiger partial charge in [0.15, 0.2) is 0 Å². The molecule has 0 aliphatic heterocycles. The Morgan fingerprint density at radius 2 is 1.48 bits per heavy atom. The second-order valence-electron chi connectivity index (χ2n) is 5.01. The van der Waals surface area contributed by atoms with Gasteiger partial charge in [0.1, 0.15) is 5.75 Å². The summed E-state index contributed by atoms with van der Waals surface area (Å²) in [6.07, 6.45) is 3.37. The maximum absolute atomic E-state index is 6.28. The van der Waals surface area contributed by atoms with E-state index in [0.717, 1.165) is 16.8 Å². The van der Waals surface area contributed by atoms with Crippen molar-refractivity contribution in [2.45, 2.75) is 0 Å². The van der Waals surface area contributed by atoms with Crippen LogP contribution in [0.1, 0.15) is 11.1 Å². The van der Waals surface area contributed by atoms with E-state index in [1.165, 1.54) is 0 Å². The molecule has 1 heterocycles. The number of hydrogen-bond acceptors (Lipinski definition) is 3. The van der Waals surface area contributed by atoms with Crippen molar-refractivity contribution in [2.24, 2.45) is 5.84 Å². The first-order valence-corrected chi connectivity index (χ1v) is 7.37. The zero-order chi connectivity index (χ0) is 15.9. The molecule has 0 spiro atoms. The lowest BCUT2D eigenvalue weighted by Crippen LogP contribution is -2.32. The van der Waals surface area contributed by atoms with E-state index in [-0.39, 0.29) is 6.73 Å². The number of hydrazone groups is 1. The summed E-state index contributed by atoms with van der Waals surface area (Å²) in [7, 11) is 0. The zero-order valence-electron chi connectivity index (χ0n) is 12.7. The molecule has 1 aromatic heterocycles. The van der Waals surface area contributed by atoms with E-state index >= 15 is 0 Å². The van der Waals surface area contributed by atoms with Crippen molar-refractivity contribution < 1.29 is 9.42 Å². The van der Waals surface area contributed by atoms with Gasteiger partial charge >= 0.3 is 6.73 Å². The summed E-state index contributed by atoms with van der Waals surface area (Å²) < 4.78 is 7.32. The minimum absolute atomic E-state index is 0.227. The minimum Gasteiger partial charge on any atom is -0.432 e. The number of rotatable bonds is 5. The molecule has 0 unspecified atom stereocenters. The summed E-state index contributed by atoms with van der Waals surface area (Å²) in [5, 5.41) is 0. The Bertz CT molecular complexity index is 730. The van der Waals surface area contributed by atoms with Crippen LogP contribution in [0.3, 0.4) is 0 Å². The number of nitrogens with zero attached hydrogens (tertiary/aromatic N) is 2. The molecule has 0 aliphatic rings. The van der Waals surface area contributed by atoms with Crippen LogP contribution in [0.25, 0.3) is 0 Å². The second-order valence-corrected chi connectivity index (χ2v) is 5.01. The average molecular weight is 304 g/mol. The van der Waals surface area contributed by atoms with Crippen molar-refractivity contribution in [3.05, 3.63) is 96.3 Å². The molecule has 0 atom stereocenters. The molecule has 3 rings (SSSR count). The van der Waals surface area contributed by atoms with Crippen molar-refractivity contribution >= 4 is 5.71 Å². The van der Waals surface area contributed by atoms with Gasteiger partial charge < -0.3 is 4.74 Å². The molecule has 4 heteroatoms. The molecule has 0 amide bonds. The van der Waals surface area contributed by atoms with Crippen LogP contribution in [0.15, 0.2) is 85.2 Å². The number of ether oxygens (including phenoxy) is 1. The van der Waals surface area contributed by atoms with Gasteiger partial charge in [0.25, 0.3) is 0 Å². The van der Waals surface area contributed by atoms with E-state index in [1.54, 1.807) is 17.1 Å². The third-order valence-electron chi connectivity index (χ3n) is 3.39. The Hall–Kier alpha value is -3.14. The van der Waals surface area contributed by atoms with Gasteiger partial charge in [0, 0.05) is 17.3 Å². The number of hydrazine groups is 1. The van der Waals surface area contributed by atoms with E-state index in [9.17, 15) is 0 Å². The number of pyridine rings is 1. The highest BCUT2D eigenvalue weighted by atomic mass is 16.5. The van der Waals surface area contributed by atoms with Crippen LogP contribution in [0.5, 0.6) is 5.75 Å². The van der Waals surface area contributed by atoms with Gasteiger partial charge in [-0.1, -0.05) is 41.1 Å². The van der Waals surface area contributed by atoms with Crippen molar-refractivity contribution in [3.8, 4) is 5.75 Å². The third-order valence-corrected chi connectivity index (χ3v) is 3.39. The quantitative estimate of drug-likeness (QED) is 0.259. The van der Waals surface area contributed by atoms with Gasteiger partial charge in [0.2, 0.25) is 5.71 Å². The highest BCUT2D eigenvalue weighted by Crippen LogP contribution is 2.11. The van der Waals surface area contributed by atoms with Crippen LogP contribution in [-0.2, 0) is 0 Å². The van der Waals surface area contributed by atoms with Crippen LogP contribution >= 0.6 is 0 Å². The highest BCUT2D eigenvalue weighted by molar-refractivity contribution is 6.09. The van der Waals surface area contributed by atoms with Crippen molar-refractivity contribution in [3.63, 3.8) is 0 Å². The van der Waals surface area contributed by atoms with E-state index in [2.05, 4.69) is 4.98 Å². The predicted molar refractivity (Wildman–Crippen MR) is 90.3 cm³/mol. The van der Waals surface area contributed by atoms with E-state index in [4.69, 9.17) is 10.6 Å². The molecule has 0 aliphatic carbocycles. The molecule has 23 heavy (non-hydrogen) atoms. The number of aromatic nitrogens is 1. The summed E-state index contributed by atoms with van der Waals surface area (Å²) >= 11 is 0. The Labute approximate surface area is 135 Å². The molecule has 3 aromatic rings. The molecular weight excluding hydrogens is 286 g/mol. The third kappa shape index (κ3) is 3.74. The number of hydrogen-bond donors (Lipinski definition) is 1. The number of nitrogens with two attached hydrogens (primary N) is 1. The first kappa shape index (κ1) is 14.8. The van der Waals surface area contributed by atoms with Crippen LogP contribution < -0.4 is 10.6 Å². The summed E-state index contributed by atoms with van der Waals surface area (Å²) in [5.74, 6) is 6.96. The topological polar surface area (TPSA) is 51.2 Å². The molecule has 4 nitrogen and oxygen atoms in total. The van der Waals surface area contributed by atoms with Crippen LogP contribution in [-0.4, -0.2) is 22.1 Å². The second kappa shape index (κ2) is 7.22. The van der Waals surface area contributed by atoms with Gasteiger partial charge in [-0.05, 0) is 36.4 Å². The van der Waals surface area contributed by atoms with Crippen LogP contribution in [0.2, 0.25) is 0 Å². The lowest BCUT2D eigenvalue weighted by Gasteiger charge is -2.07. The summed E-state index contributed by atoms with van der Waals surface area (Å²) in [5.41, 5.74) is 2.99.